The summed E-state index contributed by atoms with van der Waals surface area (Å²) in [5.74, 6) is -1.97. The molecule has 1 aliphatic carbocycles. The van der Waals surface area contributed by atoms with Crippen LogP contribution in [0.1, 0.15) is 46.5 Å². The molecule has 1 saturated carbocycles. The molecule has 1 atom stereocenters. The van der Waals surface area contributed by atoms with Gasteiger partial charge in [0.2, 0.25) is 5.92 Å². The smallest absolute Gasteiger partial charge is 0.248 e. The number of rotatable bonds is 6. The van der Waals surface area contributed by atoms with Gasteiger partial charge in [-0.3, -0.25) is 0 Å². The predicted octanol–water partition coefficient (Wildman–Crippen LogP) is 2.79. The average molecular weight is 248 g/mol. The van der Waals surface area contributed by atoms with Crippen LogP contribution in [-0.2, 0) is 0 Å². The van der Waals surface area contributed by atoms with Crippen molar-refractivity contribution in [2.45, 2.75) is 64.5 Å². The lowest BCUT2D eigenvalue weighted by Gasteiger charge is -2.29. The molecule has 1 fully saturated rings. The number of hydrogen-bond acceptors (Lipinski definition) is 2. The van der Waals surface area contributed by atoms with Gasteiger partial charge in [0.1, 0.15) is 0 Å². The van der Waals surface area contributed by atoms with E-state index in [1.54, 1.807) is 0 Å². The first-order chi connectivity index (χ1) is 7.89. The first-order valence-corrected chi connectivity index (χ1v) is 6.73. The molecule has 0 amide bonds. The molecule has 0 aromatic rings. The average Bonchev–Trinajstić information content (AvgIpc) is 2.25. The van der Waals surface area contributed by atoms with Crippen LogP contribution >= 0.6 is 0 Å². The van der Waals surface area contributed by atoms with E-state index < -0.39 is 5.92 Å². The Kier molecular flexibility index (Phi) is 5.80. The monoisotopic (exact) mass is 248 g/mol. The molecule has 17 heavy (non-hydrogen) atoms. The lowest BCUT2D eigenvalue weighted by atomic mass is 9.86. The Morgan fingerprint density at radius 2 is 1.71 bits per heavy atom. The number of alkyl halides is 2. The van der Waals surface area contributed by atoms with Crippen molar-refractivity contribution in [3.8, 4) is 0 Å². The van der Waals surface area contributed by atoms with E-state index in [4.69, 9.17) is 0 Å². The van der Waals surface area contributed by atoms with E-state index in [0.29, 0.717) is 30.8 Å². The molecule has 2 N–H and O–H groups in total. The van der Waals surface area contributed by atoms with Crippen LogP contribution in [-0.4, -0.2) is 31.1 Å². The van der Waals surface area contributed by atoms with Crippen LogP contribution in [0.15, 0.2) is 0 Å². The lowest BCUT2D eigenvalue weighted by Crippen LogP contribution is -2.41. The zero-order valence-electron chi connectivity index (χ0n) is 11.2. The fourth-order valence-corrected chi connectivity index (χ4v) is 2.16. The summed E-state index contributed by atoms with van der Waals surface area (Å²) in [6.07, 6.45) is 1.45. The van der Waals surface area contributed by atoms with Crippen LogP contribution in [0.25, 0.3) is 0 Å². The summed E-state index contributed by atoms with van der Waals surface area (Å²) in [6.45, 7) is 8.18. The van der Waals surface area contributed by atoms with Crippen LogP contribution < -0.4 is 10.6 Å². The highest BCUT2D eigenvalue weighted by molar-refractivity contribution is 4.79. The standard InChI is InChI=1S/C13H26F2N2/c1-10(2)16-8-11(3)17-9-12-4-6-13(14,15)7-5-12/h10-12,16-17H,4-9H2,1-3H3. The van der Waals surface area contributed by atoms with E-state index in [9.17, 15) is 8.78 Å². The summed E-state index contributed by atoms with van der Waals surface area (Å²) < 4.78 is 25.9. The molecule has 0 heterocycles. The zero-order chi connectivity index (χ0) is 12.9. The van der Waals surface area contributed by atoms with E-state index in [1.165, 1.54) is 0 Å². The third-order valence-electron chi connectivity index (χ3n) is 3.42. The maximum Gasteiger partial charge on any atom is 0.248 e. The van der Waals surface area contributed by atoms with Crippen molar-refractivity contribution in [3.63, 3.8) is 0 Å². The van der Waals surface area contributed by atoms with Crippen LogP contribution in [0.4, 0.5) is 8.78 Å². The van der Waals surface area contributed by atoms with Crippen LogP contribution in [0, 0.1) is 5.92 Å². The van der Waals surface area contributed by atoms with Gasteiger partial charge in [-0.25, -0.2) is 8.78 Å². The molecule has 0 radical (unpaired) electrons. The van der Waals surface area contributed by atoms with E-state index >= 15 is 0 Å². The molecular formula is C13H26F2N2. The minimum Gasteiger partial charge on any atom is -0.313 e. The molecule has 0 spiro atoms. The molecule has 0 aliphatic heterocycles. The molecule has 0 bridgehead atoms. The van der Waals surface area contributed by atoms with E-state index in [1.807, 2.05) is 0 Å². The highest BCUT2D eigenvalue weighted by Crippen LogP contribution is 2.35. The van der Waals surface area contributed by atoms with Gasteiger partial charge < -0.3 is 10.6 Å². The third-order valence-corrected chi connectivity index (χ3v) is 3.42. The number of hydrogen-bond donors (Lipinski definition) is 2. The second kappa shape index (κ2) is 6.64. The summed E-state index contributed by atoms with van der Waals surface area (Å²) in [6, 6.07) is 0.896. The Hall–Kier alpha value is -0.220. The van der Waals surface area contributed by atoms with Crippen LogP contribution in [0.5, 0.6) is 0 Å². The molecule has 1 rings (SSSR count). The number of nitrogens with one attached hydrogen (secondary N) is 2. The Bertz CT molecular complexity index is 209. The molecule has 102 valence electrons. The molecule has 0 saturated heterocycles. The third kappa shape index (κ3) is 6.32. The van der Waals surface area contributed by atoms with Crippen LogP contribution in [0.3, 0.4) is 0 Å². The summed E-state index contributed by atoms with van der Waals surface area (Å²) in [5.41, 5.74) is 0. The topological polar surface area (TPSA) is 24.1 Å². The molecular weight excluding hydrogens is 222 g/mol. The molecule has 2 nitrogen and oxygen atoms in total. The normalized spacial score (nSPS) is 22.9. The first-order valence-electron chi connectivity index (χ1n) is 6.73. The van der Waals surface area contributed by atoms with E-state index in [2.05, 4.69) is 31.4 Å². The minimum atomic E-state index is -2.40. The molecule has 1 unspecified atom stereocenters. The summed E-state index contributed by atoms with van der Waals surface area (Å²) in [5, 5.41) is 6.79. The summed E-state index contributed by atoms with van der Waals surface area (Å²) in [7, 11) is 0. The summed E-state index contributed by atoms with van der Waals surface area (Å²) >= 11 is 0. The second-order valence-corrected chi connectivity index (χ2v) is 5.67. The van der Waals surface area contributed by atoms with Crippen LogP contribution in [0.2, 0.25) is 0 Å². The SMILES string of the molecule is CC(C)NCC(C)NCC1CCC(F)(F)CC1. The molecule has 1 aliphatic rings. The molecule has 0 aromatic heterocycles. The highest BCUT2D eigenvalue weighted by atomic mass is 19.3. The van der Waals surface area contributed by atoms with Crippen molar-refractivity contribution in [1.82, 2.24) is 10.6 Å². The summed E-state index contributed by atoms with van der Waals surface area (Å²) in [4.78, 5) is 0. The Morgan fingerprint density at radius 1 is 1.12 bits per heavy atom. The van der Waals surface area contributed by atoms with Gasteiger partial charge >= 0.3 is 0 Å². The largest absolute Gasteiger partial charge is 0.313 e. The lowest BCUT2D eigenvalue weighted by molar-refractivity contribution is -0.0456. The van der Waals surface area contributed by atoms with Gasteiger partial charge in [0, 0.05) is 31.5 Å². The first kappa shape index (κ1) is 14.8. The van der Waals surface area contributed by atoms with Crippen molar-refractivity contribution in [2.24, 2.45) is 5.92 Å². The van der Waals surface area contributed by atoms with Gasteiger partial charge in [0.15, 0.2) is 0 Å². The maximum absolute atomic E-state index is 13.0. The zero-order valence-corrected chi connectivity index (χ0v) is 11.2. The van der Waals surface area contributed by atoms with Crippen molar-refractivity contribution in [3.05, 3.63) is 0 Å². The van der Waals surface area contributed by atoms with Gasteiger partial charge in [-0.15, -0.1) is 0 Å². The van der Waals surface area contributed by atoms with Gasteiger partial charge in [0.05, 0.1) is 0 Å². The van der Waals surface area contributed by atoms with Crippen molar-refractivity contribution >= 4 is 0 Å². The van der Waals surface area contributed by atoms with Gasteiger partial charge in [-0.2, -0.15) is 0 Å². The van der Waals surface area contributed by atoms with Gasteiger partial charge in [-0.1, -0.05) is 13.8 Å². The predicted molar refractivity (Wildman–Crippen MR) is 67.5 cm³/mol. The molecule has 0 aromatic carbocycles. The Balaban J connectivity index is 2.10. The second-order valence-electron chi connectivity index (χ2n) is 5.67. The fourth-order valence-electron chi connectivity index (χ4n) is 2.16. The Labute approximate surface area is 104 Å². The quantitative estimate of drug-likeness (QED) is 0.755. The van der Waals surface area contributed by atoms with E-state index in [0.717, 1.165) is 13.1 Å². The van der Waals surface area contributed by atoms with Crippen molar-refractivity contribution in [1.29, 1.82) is 0 Å². The fraction of sp³-hybridized carbons (Fsp3) is 1.00. The van der Waals surface area contributed by atoms with Gasteiger partial charge in [0.25, 0.3) is 0 Å². The van der Waals surface area contributed by atoms with Crippen molar-refractivity contribution < 1.29 is 8.78 Å². The maximum atomic E-state index is 13.0. The number of halogens is 2. The van der Waals surface area contributed by atoms with E-state index in [-0.39, 0.29) is 12.8 Å². The Morgan fingerprint density at radius 3 is 2.24 bits per heavy atom. The molecule has 4 heteroatoms. The highest BCUT2D eigenvalue weighted by Gasteiger charge is 2.34. The van der Waals surface area contributed by atoms with Gasteiger partial charge in [-0.05, 0) is 32.2 Å². The minimum absolute atomic E-state index is 0.0674. The van der Waals surface area contributed by atoms with Crippen molar-refractivity contribution in [2.75, 3.05) is 13.1 Å².